The molecule has 1 heterocycles. The van der Waals surface area contributed by atoms with Crippen LogP contribution < -0.4 is 10.1 Å². The first-order valence-corrected chi connectivity index (χ1v) is 11.9. The number of aromatic nitrogens is 1. The molecule has 1 saturated carbocycles. The van der Waals surface area contributed by atoms with Crippen molar-refractivity contribution in [2.75, 3.05) is 25.5 Å². The number of anilines is 1. The van der Waals surface area contributed by atoms with Crippen molar-refractivity contribution in [1.82, 2.24) is 9.88 Å². The average molecular weight is 444 g/mol. The van der Waals surface area contributed by atoms with Crippen LogP contribution in [0, 0.1) is 17.3 Å². The summed E-state index contributed by atoms with van der Waals surface area (Å²) in [5, 5.41) is 4.32. The lowest BCUT2D eigenvalue weighted by Gasteiger charge is -2.57. The fourth-order valence-electron chi connectivity index (χ4n) is 5.66. The molecule has 2 amide bonds. The number of fused-ring (bicyclic) bond motifs is 2. The van der Waals surface area contributed by atoms with Crippen LogP contribution in [0.4, 0.5) is 10.5 Å². The first-order chi connectivity index (χ1) is 16.0. The number of methoxy groups -OCH3 is 1. The van der Waals surface area contributed by atoms with Crippen LogP contribution in [-0.4, -0.2) is 36.1 Å². The van der Waals surface area contributed by atoms with Gasteiger partial charge < -0.3 is 19.9 Å². The molecule has 0 saturated heterocycles. The second-order valence-corrected chi connectivity index (χ2v) is 9.98. The minimum atomic E-state index is -0.0838. The number of nitrogens with zero attached hydrogens (tertiary/aromatic N) is 1. The molecule has 0 radical (unpaired) electrons. The lowest BCUT2D eigenvalue weighted by atomic mass is 9.49. The molecule has 1 aromatic heterocycles. The first kappa shape index (κ1) is 21.6. The number of hydrogen-bond donors (Lipinski definition) is 2. The predicted molar refractivity (Wildman–Crippen MR) is 134 cm³/mol. The second kappa shape index (κ2) is 8.62. The number of aromatic amines is 1. The maximum atomic E-state index is 13.5. The lowest BCUT2D eigenvalue weighted by molar-refractivity contribution is -0.00949. The summed E-state index contributed by atoms with van der Waals surface area (Å²) in [6.07, 6.45) is 7.64. The highest BCUT2D eigenvalue weighted by Gasteiger charge is 2.51. The van der Waals surface area contributed by atoms with Crippen molar-refractivity contribution in [1.29, 1.82) is 0 Å². The SMILES string of the molecule is COc1ccccc1NC(=O)N(CCc1c[nH]c2ccccc12)CC1=CCC2CC1C2(C)C. The number of para-hydroxylation sites is 3. The van der Waals surface area contributed by atoms with E-state index >= 15 is 0 Å². The van der Waals surface area contributed by atoms with Crippen molar-refractivity contribution < 1.29 is 9.53 Å². The number of H-pyrrole nitrogens is 1. The number of nitrogens with one attached hydrogen (secondary N) is 2. The summed E-state index contributed by atoms with van der Waals surface area (Å²) in [5.41, 5.74) is 4.82. The molecule has 3 aliphatic carbocycles. The quantitative estimate of drug-likeness (QED) is 0.424. The van der Waals surface area contributed by atoms with Crippen LogP contribution in [0.15, 0.2) is 66.4 Å². The summed E-state index contributed by atoms with van der Waals surface area (Å²) in [5.74, 6) is 2.03. The zero-order valence-corrected chi connectivity index (χ0v) is 19.7. The maximum Gasteiger partial charge on any atom is 0.322 e. The van der Waals surface area contributed by atoms with E-state index in [2.05, 4.69) is 54.6 Å². The summed E-state index contributed by atoms with van der Waals surface area (Å²) in [6.45, 7) is 6.08. The number of hydrogen-bond acceptors (Lipinski definition) is 2. The van der Waals surface area contributed by atoms with E-state index in [4.69, 9.17) is 4.74 Å². The summed E-state index contributed by atoms with van der Waals surface area (Å²) < 4.78 is 5.44. The molecule has 0 aliphatic heterocycles. The van der Waals surface area contributed by atoms with Gasteiger partial charge in [0.15, 0.2) is 0 Å². The van der Waals surface area contributed by atoms with Crippen LogP contribution in [0.3, 0.4) is 0 Å². The van der Waals surface area contributed by atoms with Crippen molar-refractivity contribution >= 4 is 22.6 Å². The molecule has 5 nitrogen and oxygen atoms in total. The Morgan fingerprint density at radius 3 is 2.76 bits per heavy atom. The molecule has 2 unspecified atom stereocenters. The van der Waals surface area contributed by atoms with Gasteiger partial charge in [0.1, 0.15) is 5.75 Å². The molecule has 1 fully saturated rings. The minimum absolute atomic E-state index is 0.0838. The van der Waals surface area contributed by atoms with E-state index in [0.717, 1.165) is 24.3 Å². The second-order valence-electron chi connectivity index (χ2n) is 9.98. The van der Waals surface area contributed by atoms with E-state index in [1.165, 1.54) is 22.9 Å². The fourth-order valence-corrected chi connectivity index (χ4v) is 5.66. The number of allylic oxidation sites excluding steroid dienone is 1. The van der Waals surface area contributed by atoms with Gasteiger partial charge in [0.05, 0.1) is 12.8 Å². The van der Waals surface area contributed by atoms with Crippen LogP contribution in [0.1, 0.15) is 32.3 Å². The van der Waals surface area contributed by atoms with E-state index in [1.54, 1.807) is 7.11 Å². The van der Waals surface area contributed by atoms with E-state index in [-0.39, 0.29) is 6.03 Å². The molecule has 33 heavy (non-hydrogen) atoms. The molecule has 2 aromatic carbocycles. The van der Waals surface area contributed by atoms with Gasteiger partial charge in [-0.05, 0) is 60.3 Å². The van der Waals surface area contributed by atoms with Gasteiger partial charge in [0.2, 0.25) is 0 Å². The van der Waals surface area contributed by atoms with Crippen molar-refractivity contribution in [2.24, 2.45) is 17.3 Å². The molecule has 2 atom stereocenters. The third-order valence-electron chi connectivity index (χ3n) is 7.92. The van der Waals surface area contributed by atoms with Crippen molar-refractivity contribution in [3.63, 3.8) is 0 Å². The number of rotatable bonds is 7. The average Bonchev–Trinajstić information content (AvgIpc) is 3.25. The number of carbonyl (C=O) groups excluding carboxylic acids is 1. The van der Waals surface area contributed by atoms with E-state index in [9.17, 15) is 4.79 Å². The van der Waals surface area contributed by atoms with Gasteiger partial charge in [-0.15, -0.1) is 0 Å². The first-order valence-electron chi connectivity index (χ1n) is 11.9. The third kappa shape index (κ3) is 4.01. The zero-order valence-electron chi connectivity index (χ0n) is 19.7. The normalized spacial score (nSPS) is 20.6. The standard InChI is InChI=1S/C28H33N3O2/c1-28(2)21-13-12-20(23(28)16-21)18-31(27(32)30-25-10-6-7-11-26(25)33-3)15-14-19-17-29-24-9-5-4-8-22(19)24/h4-12,17,21,23,29H,13-16,18H2,1-3H3,(H,30,32). The number of amides is 2. The number of ether oxygens (including phenoxy) is 1. The van der Waals surface area contributed by atoms with Gasteiger partial charge in [-0.25, -0.2) is 4.79 Å². The largest absolute Gasteiger partial charge is 0.495 e. The molecule has 3 aliphatic rings. The van der Waals surface area contributed by atoms with Gasteiger partial charge in [0, 0.05) is 30.2 Å². The van der Waals surface area contributed by atoms with Crippen molar-refractivity contribution in [3.05, 3.63) is 71.9 Å². The highest BCUT2D eigenvalue weighted by atomic mass is 16.5. The molecular formula is C28H33N3O2. The van der Waals surface area contributed by atoms with Crippen LogP contribution in [0.2, 0.25) is 0 Å². The van der Waals surface area contributed by atoms with Crippen LogP contribution in [0.5, 0.6) is 5.75 Å². The molecule has 172 valence electrons. The van der Waals surface area contributed by atoms with Crippen molar-refractivity contribution in [2.45, 2.75) is 33.1 Å². The van der Waals surface area contributed by atoms with E-state index < -0.39 is 0 Å². The molecule has 2 bridgehead atoms. The van der Waals surface area contributed by atoms with Gasteiger partial charge >= 0.3 is 6.03 Å². The zero-order chi connectivity index (χ0) is 23.0. The maximum absolute atomic E-state index is 13.5. The van der Waals surface area contributed by atoms with Crippen LogP contribution in [-0.2, 0) is 6.42 Å². The highest BCUT2D eigenvalue weighted by molar-refractivity contribution is 5.91. The topological polar surface area (TPSA) is 57.4 Å². The lowest BCUT2D eigenvalue weighted by Crippen LogP contribution is -2.50. The summed E-state index contributed by atoms with van der Waals surface area (Å²) in [4.78, 5) is 18.8. The Labute approximate surface area is 195 Å². The molecule has 0 spiro atoms. The van der Waals surface area contributed by atoms with Gasteiger partial charge in [-0.1, -0.05) is 55.8 Å². The number of carbonyl (C=O) groups is 1. The van der Waals surface area contributed by atoms with Crippen LogP contribution >= 0.6 is 0 Å². The van der Waals surface area contributed by atoms with Gasteiger partial charge in [-0.3, -0.25) is 0 Å². The summed E-state index contributed by atoms with van der Waals surface area (Å²) in [7, 11) is 1.63. The fraction of sp³-hybridized carbons (Fsp3) is 0.393. The van der Waals surface area contributed by atoms with E-state index in [1.807, 2.05) is 35.2 Å². The van der Waals surface area contributed by atoms with Gasteiger partial charge in [-0.2, -0.15) is 0 Å². The Balaban J connectivity index is 1.36. The van der Waals surface area contributed by atoms with Gasteiger partial charge in [0.25, 0.3) is 0 Å². The predicted octanol–water partition coefficient (Wildman–Crippen LogP) is 6.25. The Bertz CT molecular complexity index is 1190. The Morgan fingerprint density at radius 1 is 1.18 bits per heavy atom. The Kier molecular flexibility index (Phi) is 5.65. The molecular weight excluding hydrogens is 410 g/mol. The monoisotopic (exact) mass is 443 g/mol. The Morgan fingerprint density at radius 2 is 1.97 bits per heavy atom. The smallest absolute Gasteiger partial charge is 0.322 e. The molecule has 2 N–H and O–H groups in total. The molecule has 6 rings (SSSR count). The molecule has 3 aromatic rings. The number of urea groups is 1. The summed E-state index contributed by atoms with van der Waals surface area (Å²) in [6, 6.07) is 15.8. The molecule has 5 heteroatoms. The highest BCUT2D eigenvalue weighted by Crippen LogP contribution is 2.59. The van der Waals surface area contributed by atoms with Crippen molar-refractivity contribution in [3.8, 4) is 5.75 Å². The third-order valence-corrected chi connectivity index (χ3v) is 7.92. The summed E-state index contributed by atoms with van der Waals surface area (Å²) >= 11 is 0. The Hall–Kier alpha value is -3.21. The van der Waals surface area contributed by atoms with Crippen LogP contribution in [0.25, 0.3) is 10.9 Å². The van der Waals surface area contributed by atoms with E-state index in [0.29, 0.717) is 35.9 Å². The minimum Gasteiger partial charge on any atom is -0.495 e. The number of benzene rings is 2.